The van der Waals surface area contributed by atoms with Gasteiger partial charge in [0.25, 0.3) is 11.8 Å². The van der Waals surface area contributed by atoms with Gasteiger partial charge in [-0.05, 0) is 12.1 Å². The molecule has 0 spiro atoms. The molecule has 0 fully saturated rings. The Labute approximate surface area is 147 Å². The van der Waals surface area contributed by atoms with Gasteiger partial charge < -0.3 is 5.73 Å². The fourth-order valence-corrected chi connectivity index (χ4v) is 2.81. The first kappa shape index (κ1) is 16.5. The quantitative estimate of drug-likeness (QED) is 0.690. The van der Waals surface area contributed by atoms with Gasteiger partial charge in [-0.25, -0.2) is 4.98 Å². The van der Waals surface area contributed by atoms with Crippen molar-refractivity contribution in [3.8, 4) is 0 Å². The van der Waals surface area contributed by atoms with E-state index in [9.17, 15) is 14.4 Å². The van der Waals surface area contributed by atoms with Gasteiger partial charge in [-0.2, -0.15) is 0 Å². The minimum absolute atomic E-state index is 0.112. The van der Waals surface area contributed by atoms with Crippen LogP contribution in [-0.2, 0) is 0 Å². The third kappa shape index (κ3) is 3.78. The Morgan fingerprint density at radius 3 is 2.08 bits per heavy atom. The van der Waals surface area contributed by atoms with Crippen LogP contribution in [0.25, 0.3) is 0 Å². The number of hydrogen-bond acceptors (Lipinski definition) is 5. The van der Waals surface area contributed by atoms with E-state index in [-0.39, 0.29) is 21.7 Å². The van der Waals surface area contributed by atoms with Gasteiger partial charge in [0.05, 0.1) is 6.20 Å². The molecule has 0 aliphatic rings. The van der Waals surface area contributed by atoms with Crippen LogP contribution in [0.5, 0.6) is 0 Å². The SMILES string of the molecule is NC(=O)c1cnc(NC(=O)c2ccc(C(=O)c3ccccc3)cc2)s1. The number of rotatable bonds is 5. The lowest BCUT2D eigenvalue weighted by Gasteiger charge is -2.04. The van der Waals surface area contributed by atoms with Crippen molar-refractivity contribution in [3.05, 3.63) is 82.4 Å². The molecule has 0 unspecified atom stereocenters. The average molecular weight is 351 g/mol. The second-order valence-electron chi connectivity index (χ2n) is 5.12. The highest BCUT2D eigenvalue weighted by Crippen LogP contribution is 2.18. The number of aromatic nitrogens is 1. The maximum atomic E-state index is 12.3. The van der Waals surface area contributed by atoms with E-state index < -0.39 is 5.91 Å². The third-order valence-corrected chi connectivity index (χ3v) is 4.34. The van der Waals surface area contributed by atoms with E-state index in [0.717, 1.165) is 11.3 Å². The predicted octanol–water partition coefficient (Wildman–Crippen LogP) is 2.73. The first-order chi connectivity index (χ1) is 12.0. The summed E-state index contributed by atoms with van der Waals surface area (Å²) in [5, 5.41) is 2.87. The molecule has 124 valence electrons. The van der Waals surface area contributed by atoms with Crippen molar-refractivity contribution < 1.29 is 14.4 Å². The number of ketones is 1. The number of thiazole rings is 1. The van der Waals surface area contributed by atoms with Gasteiger partial charge in [0.1, 0.15) is 4.88 Å². The largest absolute Gasteiger partial charge is 0.365 e. The van der Waals surface area contributed by atoms with Gasteiger partial charge in [0, 0.05) is 16.7 Å². The molecule has 3 aromatic rings. The van der Waals surface area contributed by atoms with E-state index >= 15 is 0 Å². The molecule has 0 bridgehead atoms. The van der Waals surface area contributed by atoms with Crippen LogP contribution in [0.15, 0.2) is 60.8 Å². The highest BCUT2D eigenvalue weighted by Gasteiger charge is 2.13. The van der Waals surface area contributed by atoms with Crippen molar-refractivity contribution in [2.24, 2.45) is 5.73 Å². The number of carbonyl (C=O) groups excluding carboxylic acids is 3. The van der Waals surface area contributed by atoms with E-state index in [1.54, 1.807) is 48.5 Å². The number of amides is 2. The summed E-state index contributed by atoms with van der Waals surface area (Å²) in [5.41, 5.74) is 6.60. The summed E-state index contributed by atoms with van der Waals surface area (Å²) < 4.78 is 0. The lowest BCUT2D eigenvalue weighted by Crippen LogP contribution is -2.12. The third-order valence-electron chi connectivity index (χ3n) is 3.41. The summed E-state index contributed by atoms with van der Waals surface area (Å²) in [6.45, 7) is 0. The lowest BCUT2D eigenvalue weighted by atomic mass is 10.0. The summed E-state index contributed by atoms with van der Waals surface area (Å²) in [6.07, 6.45) is 1.31. The van der Waals surface area contributed by atoms with E-state index in [4.69, 9.17) is 5.73 Å². The van der Waals surface area contributed by atoms with Gasteiger partial charge >= 0.3 is 0 Å². The molecule has 3 rings (SSSR count). The molecule has 0 aliphatic heterocycles. The zero-order chi connectivity index (χ0) is 17.8. The van der Waals surface area contributed by atoms with Crippen molar-refractivity contribution in [1.29, 1.82) is 0 Å². The molecular weight excluding hydrogens is 338 g/mol. The molecule has 1 aromatic heterocycles. The summed E-state index contributed by atoms with van der Waals surface area (Å²) >= 11 is 0.998. The molecule has 1 heterocycles. The van der Waals surface area contributed by atoms with E-state index in [1.807, 2.05) is 6.07 Å². The molecule has 0 aliphatic carbocycles. The minimum atomic E-state index is -0.596. The molecule has 0 saturated carbocycles. The Bertz CT molecular complexity index is 934. The number of hydrogen-bond donors (Lipinski definition) is 2. The van der Waals surface area contributed by atoms with Gasteiger partial charge in [0.2, 0.25) is 0 Å². The van der Waals surface area contributed by atoms with Crippen LogP contribution in [0, 0.1) is 0 Å². The van der Waals surface area contributed by atoms with E-state index in [0.29, 0.717) is 16.7 Å². The number of benzene rings is 2. The van der Waals surface area contributed by atoms with Gasteiger partial charge in [-0.1, -0.05) is 53.8 Å². The van der Waals surface area contributed by atoms with Crippen molar-refractivity contribution in [2.75, 3.05) is 5.32 Å². The second-order valence-corrected chi connectivity index (χ2v) is 6.15. The van der Waals surface area contributed by atoms with Crippen molar-refractivity contribution in [1.82, 2.24) is 4.98 Å². The maximum absolute atomic E-state index is 12.3. The molecule has 0 saturated heterocycles. The Kier molecular flexibility index (Phi) is 4.67. The smallest absolute Gasteiger partial charge is 0.260 e. The molecule has 2 aromatic carbocycles. The molecule has 0 radical (unpaired) electrons. The van der Waals surface area contributed by atoms with E-state index in [1.165, 1.54) is 6.20 Å². The van der Waals surface area contributed by atoms with Crippen LogP contribution in [-0.4, -0.2) is 22.6 Å². The van der Waals surface area contributed by atoms with Crippen LogP contribution in [0.1, 0.15) is 36.0 Å². The fraction of sp³-hybridized carbons (Fsp3) is 0. The van der Waals surface area contributed by atoms with Crippen LogP contribution in [0.2, 0.25) is 0 Å². The summed E-state index contributed by atoms with van der Waals surface area (Å²) in [7, 11) is 0. The summed E-state index contributed by atoms with van der Waals surface area (Å²) in [4.78, 5) is 39.8. The molecule has 7 heteroatoms. The van der Waals surface area contributed by atoms with Crippen LogP contribution in [0.4, 0.5) is 5.13 Å². The zero-order valence-corrected chi connectivity index (χ0v) is 13.7. The number of anilines is 1. The molecular formula is C18H13N3O3S. The number of nitrogens with one attached hydrogen (secondary N) is 1. The number of carbonyl (C=O) groups is 3. The van der Waals surface area contributed by atoms with E-state index in [2.05, 4.69) is 10.3 Å². The molecule has 25 heavy (non-hydrogen) atoms. The zero-order valence-electron chi connectivity index (χ0n) is 12.9. The average Bonchev–Trinajstić information content (AvgIpc) is 3.11. The van der Waals surface area contributed by atoms with Crippen molar-refractivity contribution in [3.63, 3.8) is 0 Å². The Morgan fingerprint density at radius 1 is 0.880 bits per heavy atom. The molecule has 6 nitrogen and oxygen atoms in total. The summed E-state index contributed by atoms with van der Waals surface area (Å²) in [5.74, 6) is -1.09. The van der Waals surface area contributed by atoms with Crippen molar-refractivity contribution in [2.45, 2.75) is 0 Å². The van der Waals surface area contributed by atoms with Gasteiger partial charge in [0.15, 0.2) is 10.9 Å². The Morgan fingerprint density at radius 2 is 1.48 bits per heavy atom. The normalized spacial score (nSPS) is 10.2. The monoisotopic (exact) mass is 351 g/mol. The first-order valence-corrected chi connectivity index (χ1v) is 8.13. The lowest BCUT2D eigenvalue weighted by molar-refractivity contribution is 0.1000. The Balaban J connectivity index is 1.72. The first-order valence-electron chi connectivity index (χ1n) is 7.31. The topological polar surface area (TPSA) is 102 Å². The number of nitrogens with two attached hydrogens (primary N) is 1. The Hall–Kier alpha value is -3.32. The maximum Gasteiger partial charge on any atom is 0.260 e. The van der Waals surface area contributed by atoms with Crippen LogP contribution < -0.4 is 11.1 Å². The molecule has 3 N–H and O–H groups in total. The highest BCUT2D eigenvalue weighted by atomic mass is 32.1. The van der Waals surface area contributed by atoms with Crippen LogP contribution in [0.3, 0.4) is 0 Å². The molecule has 2 amide bonds. The standard InChI is InChI=1S/C18H13N3O3S/c19-16(23)14-10-20-18(25-14)21-17(24)13-8-6-12(7-9-13)15(22)11-4-2-1-3-5-11/h1-10H,(H2,19,23)(H,20,21,24). The number of nitrogens with zero attached hydrogens (tertiary/aromatic N) is 1. The van der Waals surface area contributed by atoms with Crippen LogP contribution >= 0.6 is 11.3 Å². The fourth-order valence-electron chi connectivity index (χ4n) is 2.14. The highest BCUT2D eigenvalue weighted by molar-refractivity contribution is 7.17. The number of primary amides is 1. The predicted molar refractivity (Wildman–Crippen MR) is 94.9 cm³/mol. The van der Waals surface area contributed by atoms with Crippen molar-refractivity contribution >= 4 is 34.1 Å². The second kappa shape index (κ2) is 7.06. The minimum Gasteiger partial charge on any atom is -0.365 e. The molecule has 0 atom stereocenters. The summed E-state index contributed by atoms with van der Waals surface area (Å²) in [6, 6.07) is 15.2. The van der Waals surface area contributed by atoms with Gasteiger partial charge in [-0.15, -0.1) is 0 Å². The van der Waals surface area contributed by atoms with Gasteiger partial charge in [-0.3, -0.25) is 19.7 Å².